The molecule has 0 aliphatic carbocycles. The van der Waals surface area contributed by atoms with Crippen LogP contribution in [-0.2, 0) is 0 Å². The molecule has 0 spiro atoms. The molecule has 0 saturated heterocycles. The van der Waals surface area contributed by atoms with Gasteiger partial charge in [-0.25, -0.2) is 0 Å². The van der Waals surface area contributed by atoms with Crippen molar-refractivity contribution in [3.05, 3.63) is 47.8 Å². The van der Waals surface area contributed by atoms with Gasteiger partial charge in [-0.05, 0) is 49.2 Å². The van der Waals surface area contributed by atoms with E-state index in [1.54, 1.807) is 12.4 Å². The van der Waals surface area contributed by atoms with Gasteiger partial charge < -0.3 is 10.5 Å². The van der Waals surface area contributed by atoms with Crippen LogP contribution in [0.25, 0.3) is 0 Å². The van der Waals surface area contributed by atoms with Crippen LogP contribution in [0.2, 0.25) is 0 Å². The lowest BCUT2D eigenvalue weighted by molar-refractivity contribution is 0.474. The lowest BCUT2D eigenvalue weighted by Crippen LogP contribution is -1.94. The van der Waals surface area contributed by atoms with Gasteiger partial charge in [0.2, 0.25) is 0 Å². The Morgan fingerprint density at radius 1 is 1.06 bits per heavy atom. The Labute approximate surface area is 94.9 Å². The van der Waals surface area contributed by atoms with Crippen molar-refractivity contribution in [3.63, 3.8) is 0 Å². The van der Waals surface area contributed by atoms with Crippen molar-refractivity contribution in [1.82, 2.24) is 4.98 Å². The van der Waals surface area contributed by atoms with Gasteiger partial charge in [-0.3, -0.25) is 4.98 Å². The Kier molecular flexibility index (Phi) is 2.77. The van der Waals surface area contributed by atoms with Crippen molar-refractivity contribution in [2.45, 2.75) is 13.8 Å². The van der Waals surface area contributed by atoms with E-state index in [2.05, 4.69) is 4.98 Å². The molecule has 2 aromatic rings. The second kappa shape index (κ2) is 4.23. The number of nitrogen functional groups attached to an aromatic ring is 1. The van der Waals surface area contributed by atoms with Crippen molar-refractivity contribution >= 4 is 5.69 Å². The first-order chi connectivity index (χ1) is 7.66. The molecule has 0 unspecified atom stereocenters. The molecule has 3 nitrogen and oxygen atoms in total. The quantitative estimate of drug-likeness (QED) is 0.781. The lowest BCUT2D eigenvalue weighted by atomic mass is 10.1. The average molecular weight is 214 g/mol. The highest BCUT2D eigenvalue weighted by molar-refractivity contribution is 5.53. The van der Waals surface area contributed by atoms with Crippen LogP contribution in [0.1, 0.15) is 11.1 Å². The number of nitrogens with two attached hydrogens (primary N) is 1. The van der Waals surface area contributed by atoms with Crippen LogP contribution in [0.5, 0.6) is 11.5 Å². The van der Waals surface area contributed by atoms with Crippen molar-refractivity contribution < 1.29 is 4.74 Å². The van der Waals surface area contributed by atoms with E-state index in [1.165, 1.54) is 0 Å². The van der Waals surface area contributed by atoms with Gasteiger partial charge in [0.1, 0.15) is 11.5 Å². The predicted octanol–water partition coefficient (Wildman–Crippen LogP) is 3.07. The summed E-state index contributed by atoms with van der Waals surface area (Å²) >= 11 is 0. The zero-order valence-corrected chi connectivity index (χ0v) is 9.40. The Morgan fingerprint density at radius 3 is 2.19 bits per heavy atom. The standard InChI is InChI=1S/C13H14N2O/c1-9-7-11(14)8-10(2)13(9)16-12-3-5-15-6-4-12/h3-8H,14H2,1-2H3. The average Bonchev–Trinajstić information content (AvgIpc) is 2.25. The van der Waals surface area contributed by atoms with E-state index in [9.17, 15) is 0 Å². The summed E-state index contributed by atoms with van der Waals surface area (Å²) in [6.07, 6.45) is 3.41. The second-order valence-electron chi connectivity index (χ2n) is 3.77. The number of aromatic nitrogens is 1. The first-order valence-corrected chi connectivity index (χ1v) is 5.11. The summed E-state index contributed by atoms with van der Waals surface area (Å²) in [5, 5.41) is 0. The van der Waals surface area contributed by atoms with Crippen molar-refractivity contribution in [2.24, 2.45) is 0 Å². The molecular formula is C13H14N2O. The largest absolute Gasteiger partial charge is 0.457 e. The highest BCUT2D eigenvalue weighted by Gasteiger charge is 2.06. The van der Waals surface area contributed by atoms with Crippen LogP contribution >= 0.6 is 0 Å². The van der Waals surface area contributed by atoms with Crippen LogP contribution in [0.4, 0.5) is 5.69 Å². The van der Waals surface area contributed by atoms with Gasteiger partial charge >= 0.3 is 0 Å². The molecule has 1 aromatic carbocycles. The van der Waals surface area contributed by atoms with E-state index in [1.807, 2.05) is 38.1 Å². The topological polar surface area (TPSA) is 48.1 Å². The molecule has 0 radical (unpaired) electrons. The van der Waals surface area contributed by atoms with E-state index in [4.69, 9.17) is 10.5 Å². The van der Waals surface area contributed by atoms with Crippen molar-refractivity contribution in [2.75, 3.05) is 5.73 Å². The molecule has 0 saturated carbocycles. The van der Waals surface area contributed by atoms with E-state index < -0.39 is 0 Å². The van der Waals surface area contributed by atoms with Gasteiger partial charge in [-0.15, -0.1) is 0 Å². The molecule has 82 valence electrons. The predicted molar refractivity (Wildman–Crippen MR) is 64.6 cm³/mol. The monoisotopic (exact) mass is 214 g/mol. The highest BCUT2D eigenvalue weighted by atomic mass is 16.5. The summed E-state index contributed by atoms with van der Waals surface area (Å²) in [6, 6.07) is 7.47. The summed E-state index contributed by atoms with van der Waals surface area (Å²) in [5.41, 5.74) is 8.59. The van der Waals surface area contributed by atoms with Crippen LogP contribution in [0.3, 0.4) is 0 Å². The number of hydrogen-bond donors (Lipinski definition) is 1. The molecule has 3 heteroatoms. The molecular weight excluding hydrogens is 200 g/mol. The Hall–Kier alpha value is -2.03. The third-order valence-electron chi connectivity index (χ3n) is 2.35. The number of nitrogens with zero attached hydrogens (tertiary/aromatic N) is 1. The molecule has 0 atom stereocenters. The maximum Gasteiger partial charge on any atom is 0.133 e. The third kappa shape index (κ3) is 2.14. The van der Waals surface area contributed by atoms with Crippen LogP contribution in [-0.4, -0.2) is 4.98 Å². The normalized spacial score (nSPS) is 10.1. The maximum atomic E-state index is 5.80. The zero-order valence-electron chi connectivity index (χ0n) is 9.40. The molecule has 2 rings (SSSR count). The number of ether oxygens (including phenoxy) is 1. The molecule has 2 N–H and O–H groups in total. The molecule has 0 fully saturated rings. The molecule has 1 heterocycles. The number of anilines is 1. The van der Waals surface area contributed by atoms with Gasteiger partial charge in [-0.2, -0.15) is 0 Å². The zero-order chi connectivity index (χ0) is 11.5. The number of hydrogen-bond acceptors (Lipinski definition) is 3. The smallest absolute Gasteiger partial charge is 0.133 e. The van der Waals surface area contributed by atoms with E-state index in [0.717, 1.165) is 28.3 Å². The summed E-state index contributed by atoms with van der Waals surface area (Å²) in [5.74, 6) is 1.64. The minimum atomic E-state index is 0.761. The fraction of sp³-hybridized carbons (Fsp3) is 0.154. The number of rotatable bonds is 2. The summed E-state index contributed by atoms with van der Waals surface area (Å²) in [4.78, 5) is 3.95. The van der Waals surface area contributed by atoms with Crippen LogP contribution < -0.4 is 10.5 Å². The fourth-order valence-electron chi connectivity index (χ4n) is 1.67. The first-order valence-electron chi connectivity index (χ1n) is 5.11. The third-order valence-corrected chi connectivity index (χ3v) is 2.35. The molecule has 0 bridgehead atoms. The first kappa shape index (κ1) is 10.5. The van der Waals surface area contributed by atoms with Gasteiger partial charge in [0.15, 0.2) is 0 Å². The van der Waals surface area contributed by atoms with E-state index in [0.29, 0.717) is 0 Å². The minimum absolute atomic E-state index is 0.761. The molecule has 0 aliphatic heterocycles. The Morgan fingerprint density at radius 2 is 1.62 bits per heavy atom. The lowest BCUT2D eigenvalue weighted by Gasteiger charge is -2.12. The Bertz CT molecular complexity index is 472. The van der Waals surface area contributed by atoms with Crippen LogP contribution in [0, 0.1) is 13.8 Å². The number of benzene rings is 1. The fourth-order valence-corrected chi connectivity index (χ4v) is 1.67. The van der Waals surface area contributed by atoms with Crippen molar-refractivity contribution in [1.29, 1.82) is 0 Å². The number of aryl methyl sites for hydroxylation is 2. The molecule has 1 aromatic heterocycles. The number of pyridine rings is 1. The Balaban J connectivity index is 2.35. The molecule has 0 aliphatic rings. The SMILES string of the molecule is Cc1cc(N)cc(C)c1Oc1ccncc1. The summed E-state index contributed by atoms with van der Waals surface area (Å²) in [7, 11) is 0. The van der Waals surface area contributed by atoms with Crippen LogP contribution in [0.15, 0.2) is 36.7 Å². The van der Waals surface area contributed by atoms with E-state index >= 15 is 0 Å². The van der Waals surface area contributed by atoms with Gasteiger partial charge in [0.05, 0.1) is 0 Å². The van der Waals surface area contributed by atoms with E-state index in [-0.39, 0.29) is 0 Å². The molecule has 16 heavy (non-hydrogen) atoms. The van der Waals surface area contributed by atoms with Gasteiger partial charge in [-0.1, -0.05) is 0 Å². The summed E-state index contributed by atoms with van der Waals surface area (Å²) < 4.78 is 5.80. The van der Waals surface area contributed by atoms with Gasteiger partial charge in [0, 0.05) is 18.1 Å². The van der Waals surface area contributed by atoms with Gasteiger partial charge in [0.25, 0.3) is 0 Å². The second-order valence-corrected chi connectivity index (χ2v) is 3.77. The van der Waals surface area contributed by atoms with Crippen molar-refractivity contribution in [3.8, 4) is 11.5 Å². The molecule has 0 amide bonds. The minimum Gasteiger partial charge on any atom is -0.457 e. The highest BCUT2D eigenvalue weighted by Crippen LogP contribution is 2.30. The maximum absolute atomic E-state index is 5.80. The summed E-state index contributed by atoms with van der Waals surface area (Å²) in [6.45, 7) is 3.97.